The molecule has 2 aliphatic rings. The zero-order valence-electron chi connectivity index (χ0n) is 11.7. The van der Waals surface area contributed by atoms with E-state index in [-0.39, 0.29) is 11.2 Å². The minimum Gasteiger partial charge on any atom is -0.365 e. The molecule has 104 valence electrons. The Kier molecular flexibility index (Phi) is 3.34. The molecule has 0 N–H and O–H groups in total. The van der Waals surface area contributed by atoms with Gasteiger partial charge in [0.2, 0.25) is 0 Å². The van der Waals surface area contributed by atoms with Gasteiger partial charge in [-0.3, -0.25) is 4.98 Å². The second-order valence-electron chi connectivity index (χ2n) is 6.47. The molecule has 19 heavy (non-hydrogen) atoms. The summed E-state index contributed by atoms with van der Waals surface area (Å²) in [5.74, 6) is 0. The Morgan fingerprint density at radius 1 is 1.21 bits per heavy atom. The van der Waals surface area contributed by atoms with Crippen molar-refractivity contribution >= 4 is 21.6 Å². The zero-order chi connectivity index (χ0) is 13.5. The van der Waals surface area contributed by atoms with Crippen LogP contribution in [0, 0.1) is 0 Å². The molecule has 0 aromatic carbocycles. The van der Waals surface area contributed by atoms with Gasteiger partial charge in [-0.1, -0.05) is 12.8 Å². The molecule has 0 unspecified atom stereocenters. The molecule has 1 aromatic rings. The van der Waals surface area contributed by atoms with E-state index < -0.39 is 0 Å². The highest BCUT2D eigenvalue weighted by Gasteiger charge is 2.45. The molecule has 1 aliphatic heterocycles. The fourth-order valence-electron chi connectivity index (χ4n) is 3.55. The molecule has 3 rings (SSSR count). The lowest BCUT2D eigenvalue weighted by Crippen LogP contribution is -2.58. The van der Waals surface area contributed by atoms with Crippen LogP contribution >= 0.6 is 15.9 Å². The molecule has 0 amide bonds. The first kappa shape index (κ1) is 13.4. The van der Waals surface area contributed by atoms with Crippen molar-refractivity contribution in [3.63, 3.8) is 0 Å². The van der Waals surface area contributed by atoms with Crippen molar-refractivity contribution in [3.05, 3.63) is 22.9 Å². The van der Waals surface area contributed by atoms with Crippen LogP contribution in [0.5, 0.6) is 0 Å². The van der Waals surface area contributed by atoms with Gasteiger partial charge in [0.1, 0.15) is 0 Å². The summed E-state index contributed by atoms with van der Waals surface area (Å²) in [6.07, 6.45) is 8.75. The summed E-state index contributed by atoms with van der Waals surface area (Å²) in [4.78, 5) is 6.73. The number of anilines is 1. The van der Waals surface area contributed by atoms with Crippen LogP contribution in [0.3, 0.4) is 0 Å². The zero-order valence-corrected chi connectivity index (χ0v) is 13.2. The highest BCUT2D eigenvalue weighted by atomic mass is 79.9. The Balaban J connectivity index is 1.89. The molecule has 0 atom stereocenters. The maximum atomic E-state index is 6.43. The van der Waals surface area contributed by atoms with E-state index in [0.717, 1.165) is 17.6 Å². The summed E-state index contributed by atoms with van der Waals surface area (Å²) in [6.45, 7) is 6.32. The topological polar surface area (TPSA) is 25.4 Å². The smallest absolute Gasteiger partial charge is 0.0864 e. The predicted octanol–water partition coefficient (Wildman–Crippen LogP) is 3.77. The van der Waals surface area contributed by atoms with E-state index in [4.69, 9.17) is 4.74 Å². The van der Waals surface area contributed by atoms with Crippen molar-refractivity contribution in [1.82, 2.24) is 4.98 Å². The average Bonchev–Trinajstić information content (AvgIpc) is 2.74. The van der Waals surface area contributed by atoms with E-state index in [9.17, 15) is 0 Å². The molecule has 0 radical (unpaired) electrons. The maximum Gasteiger partial charge on any atom is 0.0864 e. The lowest BCUT2D eigenvalue weighted by atomic mass is 9.94. The summed E-state index contributed by atoms with van der Waals surface area (Å²) in [7, 11) is 0. The highest BCUT2D eigenvalue weighted by molar-refractivity contribution is 9.10. The summed E-state index contributed by atoms with van der Waals surface area (Å²) < 4.78 is 7.47. The van der Waals surface area contributed by atoms with Crippen molar-refractivity contribution < 1.29 is 4.74 Å². The third-order valence-electron chi connectivity index (χ3n) is 4.11. The standard InChI is InChI=1S/C15H21BrN2O/c1-14(2)10-18(13-7-12(16)8-17-9-13)11-15(19-14)5-3-4-6-15/h7-9H,3-6,10-11H2,1-2H3. The molecule has 2 fully saturated rings. The Morgan fingerprint density at radius 2 is 1.95 bits per heavy atom. The number of aromatic nitrogens is 1. The van der Waals surface area contributed by atoms with Gasteiger partial charge in [-0.2, -0.15) is 0 Å². The number of morpholine rings is 1. The monoisotopic (exact) mass is 324 g/mol. The van der Waals surface area contributed by atoms with Gasteiger partial charge in [0.05, 0.1) is 23.1 Å². The number of halogens is 1. The minimum absolute atomic E-state index is 0.0596. The van der Waals surface area contributed by atoms with Gasteiger partial charge in [0.15, 0.2) is 0 Å². The predicted molar refractivity (Wildman–Crippen MR) is 80.5 cm³/mol. The molecule has 1 aromatic heterocycles. The summed E-state index contributed by atoms with van der Waals surface area (Å²) in [5, 5.41) is 0. The molecule has 3 nitrogen and oxygen atoms in total. The van der Waals surface area contributed by atoms with E-state index in [0.29, 0.717) is 0 Å². The van der Waals surface area contributed by atoms with Crippen LogP contribution < -0.4 is 4.90 Å². The Hall–Kier alpha value is -0.610. The van der Waals surface area contributed by atoms with Gasteiger partial charge in [0.25, 0.3) is 0 Å². The van der Waals surface area contributed by atoms with Crippen molar-refractivity contribution in [2.75, 3.05) is 18.0 Å². The van der Waals surface area contributed by atoms with Crippen LogP contribution in [0.2, 0.25) is 0 Å². The van der Waals surface area contributed by atoms with Crippen LogP contribution in [0.25, 0.3) is 0 Å². The molecule has 2 heterocycles. The van der Waals surface area contributed by atoms with Crippen molar-refractivity contribution in [2.24, 2.45) is 0 Å². The normalized spacial score (nSPS) is 24.9. The Bertz CT molecular complexity index is 469. The van der Waals surface area contributed by atoms with Gasteiger partial charge < -0.3 is 9.64 Å². The maximum absolute atomic E-state index is 6.43. The van der Waals surface area contributed by atoms with E-state index in [2.05, 4.69) is 45.7 Å². The van der Waals surface area contributed by atoms with Crippen molar-refractivity contribution in [2.45, 2.75) is 50.7 Å². The average molecular weight is 325 g/mol. The van der Waals surface area contributed by atoms with Crippen molar-refractivity contribution in [3.8, 4) is 0 Å². The summed E-state index contributed by atoms with van der Waals surface area (Å²) in [6, 6.07) is 2.15. The second kappa shape index (κ2) is 4.74. The van der Waals surface area contributed by atoms with E-state index in [1.54, 1.807) is 0 Å². The molecule has 0 bridgehead atoms. The summed E-state index contributed by atoms with van der Waals surface area (Å²) >= 11 is 3.51. The van der Waals surface area contributed by atoms with Crippen LogP contribution in [-0.4, -0.2) is 29.3 Å². The number of pyridine rings is 1. The van der Waals surface area contributed by atoms with Crippen LogP contribution in [0.15, 0.2) is 22.9 Å². The number of ether oxygens (including phenoxy) is 1. The van der Waals surface area contributed by atoms with Crippen LogP contribution in [-0.2, 0) is 4.74 Å². The van der Waals surface area contributed by atoms with Gasteiger partial charge >= 0.3 is 0 Å². The third kappa shape index (κ3) is 2.79. The van der Waals surface area contributed by atoms with E-state index in [1.165, 1.54) is 31.4 Å². The van der Waals surface area contributed by atoms with Gasteiger partial charge in [-0.25, -0.2) is 0 Å². The molecule has 1 saturated heterocycles. The highest BCUT2D eigenvalue weighted by Crippen LogP contribution is 2.41. The first-order chi connectivity index (χ1) is 8.98. The first-order valence-electron chi connectivity index (χ1n) is 7.04. The van der Waals surface area contributed by atoms with Gasteiger partial charge in [-0.15, -0.1) is 0 Å². The number of rotatable bonds is 1. The van der Waals surface area contributed by atoms with Crippen LogP contribution in [0.1, 0.15) is 39.5 Å². The van der Waals surface area contributed by atoms with Gasteiger partial charge in [0, 0.05) is 23.8 Å². The second-order valence-corrected chi connectivity index (χ2v) is 7.38. The van der Waals surface area contributed by atoms with Crippen LogP contribution in [0.4, 0.5) is 5.69 Å². The van der Waals surface area contributed by atoms with E-state index in [1.807, 2.05) is 12.4 Å². The Morgan fingerprint density at radius 3 is 2.63 bits per heavy atom. The lowest BCUT2D eigenvalue weighted by Gasteiger charge is -2.49. The molecular weight excluding hydrogens is 304 g/mol. The number of nitrogens with zero attached hydrogens (tertiary/aromatic N) is 2. The number of hydrogen-bond donors (Lipinski definition) is 0. The van der Waals surface area contributed by atoms with Crippen molar-refractivity contribution in [1.29, 1.82) is 0 Å². The fraction of sp³-hybridized carbons (Fsp3) is 0.667. The fourth-order valence-corrected chi connectivity index (χ4v) is 3.90. The SMILES string of the molecule is CC1(C)CN(c2cncc(Br)c2)CC2(CCCC2)O1. The quantitative estimate of drug-likeness (QED) is 0.786. The third-order valence-corrected chi connectivity index (χ3v) is 4.55. The molecule has 4 heteroatoms. The van der Waals surface area contributed by atoms with E-state index >= 15 is 0 Å². The first-order valence-corrected chi connectivity index (χ1v) is 7.83. The Labute approximate surface area is 123 Å². The minimum atomic E-state index is -0.0924. The molecule has 1 saturated carbocycles. The van der Waals surface area contributed by atoms with Gasteiger partial charge in [-0.05, 0) is 48.7 Å². The molecule has 1 aliphatic carbocycles. The lowest BCUT2D eigenvalue weighted by molar-refractivity contribution is -0.148. The largest absolute Gasteiger partial charge is 0.365 e. The molecule has 1 spiro atoms. The number of hydrogen-bond acceptors (Lipinski definition) is 3. The summed E-state index contributed by atoms with van der Waals surface area (Å²) in [5.41, 5.74) is 1.16. The molecular formula is C15H21BrN2O.